The van der Waals surface area contributed by atoms with E-state index >= 15 is 0 Å². The molecule has 3 aromatic rings. The maximum absolute atomic E-state index is 13.4. The van der Waals surface area contributed by atoms with Crippen LogP contribution in [0.4, 0.5) is 24.5 Å². The second-order valence-corrected chi connectivity index (χ2v) is 6.32. The van der Waals surface area contributed by atoms with Crippen LogP contribution in [0.25, 0.3) is 0 Å². The predicted molar refractivity (Wildman–Crippen MR) is 105 cm³/mol. The molecule has 0 fully saturated rings. The molecule has 0 radical (unpaired) electrons. The highest BCUT2D eigenvalue weighted by molar-refractivity contribution is 6.07. The SMILES string of the molecule is CN(C(=O)c1ccccc1)c1cc(NC(=O)c2ccccc2)cc(C(F)(F)F)c1. The van der Waals surface area contributed by atoms with Crippen LogP contribution in [-0.2, 0) is 6.18 Å². The fraction of sp³-hybridized carbons (Fsp3) is 0.0909. The zero-order chi connectivity index (χ0) is 21.0. The van der Waals surface area contributed by atoms with E-state index in [1.54, 1.807) is 60.7 Å². The topological polar surface area (TPSA) is 49.4 Å². The Morgan fingerprint density at radius 2 is 1.38 bits per heavy atom. The summed E-state index contributed by atoms with van der Waals surface area (Å²) >= 11 is 0. The van der Waals surface area contributed by atoms with Crippen molar-refractivity contribution in [1.82, 2.24) is 0 Å². The average molecular weight is 398 g/mol. The van der Waals surface area contributed by atoms with Gasteiger partial charge in [0.1, 0.15) is 0 Å². The van der Waals surface area contributed by atoms with E-state index in [2.05, 4.69) is 5.32 Å². The van der Waals surface area contributed by atoms with Crippen LogP contribution in [0.3, 0.4) is 0 Å². The number of rotatable bonds is 4. The van der Waals surface area contributed by atoms with E-state index in [1.807, 2.05) is 0 Å². The first-order valence-electron chi connectivity index (χ1n) is 8.67. The van der Waals surface area contributed by atoms with E-state index in [1.165, 1.54) is 13.1 Å². The first-order chi connectivity index (χ1) is 13.8. The van der Waals surface area contributed by atoms with Crippen molar-refractivity contribution in [2.75, 3.05) is 17.3 Å². The van der Waals surface area contributed by atoms with Gasteiger partial charge < -0.3 is 10.2 Å². The molecule has 7 heteroatoms. The Morgan fingerprint density at radius 3 is 1.93 bits per heavy atom. The molecule has 4 nitrogen and oxygen atoms in total. The summed E-state index contributed by atoms with van der Waals surface area (Å²) in [4.78, 5) is 26.1. The summed E-state index contributed by atoms with van der Waals surface area (Å²) in [5.41, 5.74) is -0.373. The smallest absolute Gasteiger partial charge is 0.322 e. The average Bonchev–Trinajstić information content (AvgIpc) is 2.73. The Kier molecular flexibility index (Phi) is 5.68. The first-order valence-corrected chi connectivity index (χ1v) is 8.67. The van der Waals surface area contributed by atoms with Gasteiger partial charge in [0.2, 0.25) is 0 Å². The third-order valence-electron chi connectivity index (χ3n) is 4.25. The van der Waals surface area contributed by atoms with Crippen molar-refractivity contribution in [3.05, 3.63) is 95.6 Å². The number of nitrogens with one attached hydrogen (secondary N) is 1. The third kappa shape index (κ3) is 4.82. The number of benzene rings is 3. The molecular weight excluding hydrogens is 381 g/mol. The van der Waals surface area contributed by atoms with Gasteiger partial charge >= 0.3 is 6.18 Å². The molecule has 0 saturated heterocycles. The van der Waals surface area contributed by atoms with Crippen molar-refractivity contribution in [2.45, 2.75) is 6.18 Å². The number of nitrogens with zero attached hydrogens (tertiary/aromatic N) is 1. The molecule has 0 atom stereocenters. The van der Waals surface area contributed by atoms with Crippen LogP contribution in [-0.4, -0.2) is 18.9 Å². The van der Waals surface area contributed by atoms with E-state index in [-0.39, 0.29) is 11.4 Å². The molecule has 0 saturated carbocycles. The van der Waals surface area contributed by atoms with Crippen molar-refractivity contribution < 1.29 is 22.8 Å². The van der Waals surface area contributed by atoms with Gasteiger partial charge in [-0.15, -0.1) is 0 Å². The van der Waals surface area contributed by atoms with Gasteiger partial charge in [0, 0.05) is 29.5 Å². The molecule has 29 heavy (non-hydrogen) atoms. The minimum absolute atomic E-state index is 0.0111. The highest BCUT2D eigenvalue weighted by Crippen LogP contribution is 2.34. The Hall–Kier alpha value is -3.61. The first kappa shape index (κ1) is 20.1. The lowest BCUT2D eigenvalue weighted by atomic mass is 10.1. The van der Waals surface area contributed by atoms with Crippen LogP contribution in [0.15, 0.2) is 78.9 Å². The molecule has 1 N–H and O–H groups in total. The molecule has 0 heterocycles. The molecule has 3 rings (SSSR count). The number of alkyl halides is 3. The van der Waals surface area contributed by atoms with Crippen molar-refractivity contribution in [2.24, 2.45) is 0 Å². The predicted octanol–water partition coefficient (Wildman–Crippen LogP) is 5.23. The summed E-state index contributed by atoms with van der Waals surface area (Å²) in [6.45, 7) is 0. The van der Waals surface area contributed by atoms with E-state index in [4.69, 9.17) is 0 Å². The fourth-order valence-electron chi connectivity index (χ4n) is 2.73. The number of carbonyl (C=O) groups excluding carboxylic acids is 2. The highest BCUT2D eigenvalue weighted by Gasteiger charge is 2.32. The third-order valence-corrected chi connectivity index (χ3v) is 4.25. The lowest BCUT2D eigenvalue weighted by Crippen LogP contribution is -2.27. The highest BCUT2D eigenvalue weighted by atomic mass is 19.4. The molecular formula is C22H17F3N2O2. The van der Waals surface area contributed by atoms with Gasteiger partial charge in [0.05, 0.1) is 5.56 Å². The molecule has 0 aliphatic rings. The summed E-state index contributed by atoms with van der Waals surface area (Å²) in [5, 5.41) is 2.47. The fourth-order valence-corrected chi connectivity index (χ4v) is 2.73. The number of hydrogen-bond donors (Lipinski definition) is 1. The van der Waals surface area contributed by atoms with Crippen molar-refractivity contribution in [1.29, 1.82) is 0 Å². The second kappa shape index (κ2) is 8.18. The number of carbonyl (C=O) groups is 2. The van der Waals surface area contributed by atoms with Crippen molar-refractivity contribution >= 4 is 23.2 Å². The lowest BCUT2D eigenvalue weighted by Gasteiger charge is -2.20. The molecule has 148 valence electrons. The van der Waals surface area contributed by atoms with Crippen LogP contribution in [0, 0.1) is 0 Å². The monoisotopic (exact) mass is 398 g/mol. The molecule has 0 bridgehead atoms. The molecule has 0 aliphatic carbocycles. The van der Waals surface area contributed by atoms with Gasteiger partial charge in [0.15, 0.2) is 0 Å². The Labute approximate surface area is 165 Å². The summed E-state index contributed by atoms with van der Waals surface area (Å²) < 4.78 is 40.1. The molecule has 0 aliphatic heterocycles. The minimum Gasteiger partial charge on any atom is -0.322 e. The van der Waals surface area contributed by atoms with Crippen molar-refractivity contribution in [3.8, 4) is 0 Å². The summed E-state index contributed by atoms with van der Waals surface area (Å²) in [5.74, 6) is -1.02. The maximum atomic E-state index is 13.4. The van der Waals surface area contributed by atoms with Crippen molar-refractivity contribution in [3.63, 3.8) is 0 Å². The largest absolute Gasteiger partial charge is 0.416 e. The standard InChI is InChI=1S/C22H17F3N2O2/c1-27(21(29)16-10-6-3-7-11-16)19-13-17(22(23,24)25)12-18(14-19)26-20(28)15-8-4-2-5-9-15/h2-14H,1H3,(H,26,28). The van der Waals surface area contributed by atoms with Gasteiger partial charge in [-0.25, -0.2) is 0 Å². The van der Waals surface area contributed by atoms with Gasteiger partial charge in [-0.1, -0.05) is 36.4 Å². The maximum Gasteiger partial charge on any atom is 0.416 e. The zero-order valence-corrected chi connectivity index (χ0v) is 15.4. The minimum atomic E-state index is -4.64. The summed E-state index contributed by atoms with van der Waals surface area (Å²) in [6.07, 6.45) is -4.64. The van der Waals surface area contributed by atoms with Crippen LogP contribution in [0.2, 0.25) is 0 Å². The van der Waals surface area contributed by atoms with E-state index in [0.29, 0.717) is 11.1 Å². The summed E-state index contributed by atoms with van der Waals surface area (Å²) in [7, 11) is 1.38. The lowest BCUT2D eigenvalue weighted by molar-refractivity contribution is -0.137. The number of halogens is 3. The quantitative estimate of drug-likeness (QED) is 0.654. The van der Waals surface area contributed by atoms with Gasteiger partial charge in [-0.2, -0.15) is 13.2 Å². The molecule has 3 aromatic carbocycles. The normalized spacial score (nSPS) is 11.0. The van der Waals surface area contributed by atoms with E-state index < -0.39 is 23.6 Å². The Morgan fingerprint density at radius 1 is 0.828 bits per heavy atom. The number of anilines is 2. The Balaban J connectivity index is 1.96. The van der Waals surface area contributed by atoms with Crippen LogP contribution in [0.5, 0.6) is 0 Å². The zero-order valence-electron chi connectivity index (χ0n) is 15.4. The van der Waals surface area contributed by atoms with E-state index in [0.717, 1.165) is 17.0 Å². The molecule has 0 spiro atoms. The van der Waals surface area contributed by atoms with E-state index in [9.17, 15) is 22.8 Å². The second-order valence-electron chi connectivity index (χ2n) is 6.32. The number of amides is 2. The summed E-state index contributed by atoms with van der Waals surface area (Å²) in [6, 6.07) is 19.4. The number of hydrogen-bond acceptors (Lipinski definition) is 2. The molecule has 0 unspecified atom stereocenters. The molecule has 2 amide bonds. The van der Waals surface area contributed by atoms with Crippen LogP contribution >= 0.6 is 0 Å². The van der Waals surface area contributed by atoms with Gasteiger partial charge in [-0.05, 0) is 42.5 Å². The van der Waals surface area contributed by atoms with Gasteiger partial charge in [-0.3, -0.25) is 9.59 Å². The van der Waals surface area contributed by atoms with Crippen LogP contribution < -0.4 is 10.2 Å². The van der Waals surface area contributed by atoms with Crippen LogP contribution in [0.1, 0.15) is 26.3 Å². The van der Waals surface area contributed by atoms with Gasteiger partial charge in [0.25, 0.3) is 11.8 Å². The molecule has 0 aromatic heterocycles. The Bertz CT molecular complexity index is 1020.